The predicted molar refractivity (Wildman–Crippen MR) is 78.9 cm³/mol. The average molecular weight is 294 g/mol. The second kappa shape index (κ2) is 5.74. The first kappa shape index (κ1) is 13.9. The molecular weight excluding hydrogens is 274 g/mol. The van der Waals surface area contributed by atoms with Gasteiger partial charge in [0, 0.05) is 11.6 Å². The lowest BCUT2D eigenvalue weighted by atomic mass is 9.86. The molecule has 1 unspecified atom stereocenters. The summed E-state index contributed by atoms with van der Waals surface area (Å²) in [7, 11) is 0. The lowest BCUT2D eigenvalue weighted by Crippen LogP contribution is -2.52. The molecule has 0 amide bonds. The summed E-state index contributed by atoms with van der Waals surface area (Å²) in [5.74, 6) is 0.204. The van der Waals surface area contributed by atoms with Gasteiger partial charge in [-0.1, -0.05) is 23.7 Å². The first-order chi connectivity index (χ1) is 9.63. The van der Waals surface area contributed by atoms with Crippen molar-refractivity contribution in [2.75, 3.05) is 19.6 Å². The number of hydrogen-bond acceptors (Lipinski definition) is 3. The number of halogens is 1. The van der Waals surface area contributed by atoms with E-state index in [0.717, 1.165) is 38.0 Å². The molecule has 0 aliphatic carbocycles. The van der Waals surface area contributed by atoms with E-state index >= 15 is 0 Å². The molecule has 3 nitrogen and oxygen atoms in total. The number of carbonyl (C=O) groups excluding carboxylic acids is 1. The van der Waals surface area contributed by atoms with Gasteiger partial charge in [-0.15, -0.1) is 0 Å². The minimum absolute atomic E-state index is 0.0831. The number of ether oxygens (including phenoxy) is 1. The third-order valence-electron chi connectivity index (χ3n) is 4.59. The summed E-state index contributed by atoms with van der Waals surface area (Å²) in [6.45, 7) is 5.12. The highest BCUT2D eigenvalue weighted by atomic mass is 35.5. The number of benzene rings is 1. The Kier molecular flexibility index (Phi) is 3.99. The van der Waals surface area contributed by atoms with Crippen LogP contribution in [-0.2, 0) is 9.53 Å². The fourth-order valence-corrected chi connectivity index (χ4v) is 3.31. The third-order valence-corrected chi connectivity index (χ3v) is 4.84. The fraction of sp³-hybridized carbons (Fsp3) is 0.562. The molecule has 3 aliphatic rings. The van der Waals surface area contributed by atoms with Gasteiger partial charge in [0.2, 0.25) is 0 Å². The number of rotatable bonds is 3. The second-order valence-electron chi connectivity index (χ2n) is 5.89. The van der Waals surface area contributed by atoms with Gasteiger partial charge in [-0.2, -0.15) is 0 Å². The van der Waals surface area contributed by atoms with Crippen LogP contribution in [0.3, 0.4) is 0 Å². The van der Waals surface area contributed by atoms with Crippen LogP contribution in [0.1, 0.15) is 31.2 Å². The van der Waals surface area contributed by atoms with E-state index < -0.39 is 0 Å². The summed E-state index contributed by atoms with van der Waals surface area (Å²) in [5.41, 5.74) is 0.959. The number of esters is 1. The van der Waals surface area contributed by atoms with E-state index in [0.29, 0.717) is 10.9 Å². The Morgan fingerprint density at radius 1 is 1.30 bits per heavy atom. The average Bonchev–Trinajstić information content (AvgIpc) is 2.48. The van der Waals surface area contributed by atoms with E-state index in [9.17, 15) is 4.79 Å². The van der Waals surface area contributed by atoms with Crippen LogP contribution in [0.2, 0.25) is 5.02 Å². The minimum atomic E-state index is -0.234. The summed E-state index contributed by atoms with van der Waals surface area (Å²) in [4.78, 5) is 14.7. The molecule has 3 saturated heterocycles. The molecule has 0 radical (unpaired) electrons. The van der Waals surface area contributed by atoms with Crippen molar-refractivity contribution in [2.45, 2.75) is 31.8 Å². The highest BCUT2D eigenvalue weighted by molar-refractivity contribution is 6.30. The van der Waals surface area contributed by atoms with Crippen molar-refractivity contribution in [3.8, 4) is 0 Å². The maximum absolute atomic E-state index is 12.3. The Morgan fingerprint density at radius 2 is 1.95 bits per heavy atom. The lowest BCUT2D eigenvalue weighted by Gasteiger charge is -2.44. The van der Waals surface area contributed by atoms with Gasteiger partial charge in [-0.25, -0.2) is 0 Å². The molecule has 0 saturated carbocycles. The molecule has 0 N–H and O–H groups in total. The van der Waals surface area contributed by atoms with E-state index in [-0.39, 0.29) is 18.0 Å². The van der Waals surface area contributed by atoms with Gasteiger partial charge < -0.3 is 4.74 Å². The SMILES string of the molecule is CC(C(=O)O[C@@H]1CN2CCC1CC2)c1ccc(Cl)cc1. The molecule has 1 aromatic carbocycles. The lowest BCUT2D eigenvalue weighted by molar-refractivity contribution is -0.160. The Labute approximate surface area is 124 Å². The number of hydrogen-bond donors (Lipinski definition) is 0. The van der Waals surface area contributed by atoms with Crippen molar-refractivity contribution >= 4 is 17.6 Å². The number of piperidine rings is 3. The van der Waals surface area contributed by atoms with Gasteiger partial charge >= 0.3 is 5.97 Å². The van der Waals surface area contributed by atoms with Crippen LogP contribution in [0.4, 0.5) is 0 Å². The Hall–Kier alpha value is -1.06. The predicted octanol–water partition coefficient (Wildman–Crippen LogP) is 3.08. The summed E-state index contributed by atoms with van der Waals surface area (Å²) in [5, 5.41) is 0.687. The summed E-state index contributed by atoms with van der Waals surface area (Å²) in [6, 6.07) is 7.42. The molecule has 4 rings (SSSR count). The van der Waals surface area contributed by atoms with E-state index in [2.05, 4.69) is 4.90 Å². The zero-order chi connectivity index (χ0) is 14.1. The van der Waals surface area contributed by atoms with E-state index in [1.165, 1.54) is 0 Å². The largest absolute Gasteiger partial charge is 0.460 e. The molecule has 3 heterocycles. The van der Waals surface area contributed by atoms with Crippen molar-refractivity contribution < 1.29 is 9.53 Å². The van der Waals surface area contributed by atoms with Crippen LogP contribution in [0.5, 0.6) is 0 Å². The molecule has 2 atom stereocenters. The van der Waals surface area contributed by atoms with E-state index in [4.69, 9.17) is 16.3 Å². The number of carbonyl (C=O) groups is 1. The number of fused-ring (bicyclic) bond motifs is 3. The smallest absolute Gasteiger partial charge is 0.313 e. The van der Waals surface area contributed by atoms with Gasteiger partial charge in [0.05, 0.1) is 5.92 Å². The molecule has 0 spiro atoms. The van der Waals surface area contributed by atoms with Crippen molar-refractivity contribution in [1.29, 1.82) is 0 Å². The maximum atomic E-state index is 12.3. The minimum Gasteiger partial charge on any atom is -0.460 e. The van der Waals surface area contributed by atoms with Crippen LogP contribution >= 0.6 is 11.6 Å². The molecule has 2 bridgehead atoms. The van der Waals surface area contributed by atoms with Crippen LogP contribution < -0.4 is 0 Å². The fourth-order valence-electron chi connectivity index (χ4n) is 3.18. The van der Waals surface area contributed by atoms with Gasteiger partial charge in [-0.05, 0) is 56.5 Å². The molecule has 0 aromatic heterocycles. The van der Waals surface area contributed by atoms with Crippen LogP contribution in [0.25, 0.3) is 0 Å². The first-order valence-electron chi connectivity index (χ1n) is 7.32. The molecule has 3 aliphatic heterocycles. The van der Waals surface area contributed by atoms with Gasteiger partial charge in [0.25, 0.3) is 0 Å². The Morgan fingerprint density at radius 3 is 2.50 bits per heavy atom. The monoisotopic (exact) mass is 293 g/mol. The van der Waals surface area contributed by atoms with Crippen molar-refractivity contribution in [3.63, 3.8) is 0 Å². The quantitative estimate of drug-likeness (QED) is 0.802. The molecular formula is C16H20ClNO2. The van der Waals surface area contributed by atoms with Crippen molar-refractivity contribution in [2.24, 2.45) is 5.92 Å². The standard InChI is InChI=1S/C16H20ClNO2/c1-11(12-2-4-14(17)5-3-12)16(19)20-15-10-18-8-6-13(15)7-9-18/h2-5,11,13,15H,6-10H2,1H3/t11?,15-/m1/s1. The van der Waals surface area contributed by atoms with Crippen LogP contribution in [0.15, 0.2) is 24.3 Å². The topological polar surface area (TPSA) is 29.5 Å². The van der Waals surface area contributed by atoms with E-state index in [1.54, 1.807) is 0 Å². The molecule has 20 heavy (non-hydrogen) atoms. The molecule has 1 aromatic rings. The van der Waals surface area contributed by atoms with Crippen LogP contribution in [-0.4, -0.2) is 36.6 Å². The zero-order valence-electron chi connectivity index (χ0n) is 11.7. The van der Waals surface area contributed by atoms with Crippen molar-refractivity contribution in [1.82, 2.24) is 4.90 Å². The van der Waals surface area contributed by atoms with Gasteiger partial charge in [0.15, 0.2) is 0 Å². The third kappa shape index (κ3) is 2.84. The van der Waals surface area contributed by atoms with Crippen LogP contribution in [0, 0.1) is 5.92 Å². The van der Waals surface area contributed by atoms with Gasteiger partial charge in [-0.3, -0.25) is 9.69 Å². The first-order valence-corrected chi connectivity index (χ1v) is 7.69. The van der Waals surface area contributed by atoms with Crippen molar-refractivity contribution in [3.05, 3.63) is 34.9 Å². The molecule has 3 fully saturated rings. The normalized spacial score (nSPS) is 30.0. The summed E-state index contributed by atoms with van der Waals surface area (Å²) in [6.07, 6.45) is 2.40. The molecule has 4 heteroatoms. The van der Waals surface area contributed by atoms with Gasteiger partial charge in [0.1, 0.15) is 6.10 Å². The highest BCUT2D eigenvalue weighted by Crippen LogP contribution is 2.31. The Balaban J connectivity index is 1.62. The zero-order valence-corrected chi connectivity index (χ0v) is 12.5. The Bertz CT molecular complexity index is 480. The highest BCUT2D eigenvalue weighted by Gasteiger charge is 2.37. The second-order valence-corrected chi connectivity index (χ2v) is 6.32. The number of nitrogens with zero attached hydrogens (tertiary/aromatic N) is 1. The maximum Gasteiger partial charge on any atom is 0.313 e. The summed E-state index contributed by atoms with van der Waals surface area (Å²) >= 11 is 5.87. The molecule has 108 valence electrons. The van der Waals surface area contributed by atoms with E-state index in [1.807, 2.05) is 31.2 Å². The summed E-state index contributed by atoms with van der Waals surface area (Å²) < 4.78 is 5.76.